The number of carbonyl (C=O) groups is 2. The van der Waals surface area contributed by atoms with E-state index in [1.54, 1.807) is 28.0 Å². The zero-order valence-corrected chi connectivity index (χ0v) is 20.4. The van der Waals surface area contributed by atoms with Crippen LogP contribution < -0.4 is 18.9 Å². The molecule has 1 saturated heterocycles. The first-order valence-electron chi connectivity index (χ1n) is 10.7. The van der Waals surface area contributed by atoms with Gasteiger partial charge in [0.2, 0.25) is 15.9 Å². The first-order valence-corrected chi connectivity index (χ1v) is 12.1. The first kappa shape index (κ1) is 25.3. The fraction of sp³-hybridized carbons (Fsp3) is 0.391. The van der Waals surface area contributed by atoms with Crippen molar-refractivity contribution >= 4 is 21.8 Å². The molecule has 2 aromatic carbocycles. The van der Waals surface area contributed by atoms with E-state index in [1.807, 2.05) is 0 Å². The summed E-state index contributed by atoms with van der Waals surface area (Å²) in [4.78, 5) is 29.0. The maximum absolute atomic E-state index is 12.9. The van der Waals surface area contributed by atoms with E-state index in [0.717, 1.165) is 0 Å². The molecule has 0 aromatic heterocycles. The first-order chi connectivity index (χ1) is 16.2. The minimum absolute atomic E-state index is 0.0401. The van der Waals surface area contributed by atoms with Gasteiger partial charge in [0.15, 0.2) is 11.5 Å². The number of rotatable bonds is 8. The van der Waals surface area contributed by atoms with Crippen LogP contribution in [0.5, 0.6) is 17.2 Å². The molecule has 2 aromatic rings. The molecular weight excluding hydrogens is 462 g/mol. The molecule has 0 radical (unpaired) electrons. The van der Waals surface area contributed by atoms with Crippen LogP contribution >= 0.6 is 0 Å². The highest BCUT2D eigenvalue weighted by atomic mass is 32.2. The number of nitrogens with one attached hydrogen (secondary N) is 1. The Balaban J connectivity index is 1.58. The number of methoxy groups -OCH3 is 3. The van der Waals surface area contributed by atoms with Crippen molar-refractivity contribution in [1.29, 1.82) is 0 Å². The third-order valence-electron chi connectivity index (χ3n) is 5.58. The molecule has 1 aliphatic heterocycles. The number of sulfonamides is 1. The normalized spacial score (nSPS) is 14.9. The molecule has 184 valence electrons. The Hall–Kier alpha value is -3.31. The van der Waals surface area contributed by atoms with E-state index in [4.69, 9.17) is 14.2 Å². The van der Waals surface area contributed by atoms with Gasteiger partial charge in [0.25, 0.3) is 5.91 Å². The predicted molar refractivity (Wildman–Crippen MR) is 125 cm³/mol. The van der Waals surface area contributed by atoms with Gasteiger partial charge < -0.3 is 24.0 Å². The zero-order chi connectivity index (χ0) is 24.9. The van der Waals surface area contributed by atoms with Crippen LogP contribution in [0.2, 0.25) is 0 Å². The number of benzene rings is 2. The molecule has 0 bridgehead atoms. The highest BCUT2D eigenvalue weighted by Gasteiger charge is 2.30. The summed E-state index contributed by atoms with van der Waals surface area (Å²) in [5.41, 5.74) is 0.457. The molecule has 0 aliphatic carbocycles. The third-order valence-corrected chi connectivity index (χ3v) is 7.14. The summed E-state index contributed by atoms with van der Waals surface area (Å²) in [6.45, 7) is 2.76. The molecule has 10 nitrogen and oxygen atoms in total. The lowest BCUT2D eigenvalue weighted by atomic mass is 10.1. The van der Waals surface area contributed by atoms with Crippen LogP contribution in [0.1, 0.15) is 17.3 Å². The molecule has 1 N–H and O–H groups in total. The summed E-state index contributed by atoms with van der Waals surface area (Å²) in [5.74, 6) is 0.987. The summed E-state index contributed by atoms with van der Waals surface area (Å²) in [7, 11) is 0.631. The van der Waals surface area contributed by atoms with Gasteiger partial charge in [0.1, 0.15) is 5.75 Å². The van der Waals surface area contributed by atoms with E-state index < -0.39 is 16.1 Å². The van der Waals surface area contributed by atoms with Gasteiger partial charge in [0, 0.05) is 31.7 Å². The lowest BCUT2D eigenvalue weighted by Gasteiger charge is -2.36. The molecule has 3 rings (SSSR count). The number of hydrogen-bond donors (Lipinski definition) is 1. The minimum atomic E-state index is -3.88. The van der Waals surface area contributed by atoms with Crippen molar-refractivity contribution in [2.24, 2.45) is 0 Å². The molecule has 2 amide bonds. The quantitative estimate of drug-likeness (QED) is 0.593. The van der Waals surface area contributed by atoms with E-state index >= 15 is 0 Å². The van der Waals surface area contributed by atoms with Crippen LogP contribution in [0.25, 0.3) is 0 Å². The van der Waals surface area contributed by atoms with Gasteiger partial charge >= 0.3 is 0 Å². The lowest BCUT2D eigenvalue weighted by Crippen LogP contribution is -2.55. The van der Waals surface area contributed by atoms with Crippen LogP contribution in [0.15, 0.2) is 47.4 Å². The van der Waals surface area contributed by atoms with Gasteiger partial charge in [-0.15, -0.1) is 0 Å². The number of amides is 2. The summed E-state index contributed by atoms with van der Waals surface area (Å²) in [6.07, 6.45) is 0. The topological polar surface area (TPSA) is 114 Å². The van der Waals surface area contributed by atoms with Gasteiger partial charge in [0.05, 0.1) is 32.3 Å². The molecule has 0 unspecified atom stereocenters. The van der Waals surface area contributed by atoms with Crippen molar-refractivity contribution < 1.29 is 32.2 Å². The molecule has 1 heterocycles. The summed E-state index contributed by atoms with van der Waals surface area (Å²) in [6, 6.07) is 9.90. The van der Waals surface area contributed by atoms with Gasteiger partial charge in [-0.1, -0.05) is 0 Å². The molecule has 1 aliphatic rings. The molecular formula is C23H29N3O7S. The molecule has 1 fully saturated rings. The number of hydrogen-bond acceptors (Lipinski definition) is 7. The monoisotopic (exact) mass is 491 g/mol. The molecule has 0 spiro atoms. The summed E-state index contributed by atoms with van der Waals surface area (Å²) >= 11 is 0. The number of carbonyl (C=O) groups excluding carboxylic acids is 2. The Morgan fingerprint density at radius 1 is 0.853 bits per heavy atom. The third kappa shape index (κ3) is 5.60. The van der Waals surface area contributed by atoms with E-state index in [0.29, 0.717) is 49.0 Å². The van der Waals surface area contributed by atoms with Crippen LogP contribution in [0, 0.1) is 0 Å². The Morgan fingerprint density at radius 2 is 1.44 bits per heavy atom. The fourth-order valence-corrected chi connectivity index (χ4v) is 4.86. The van der Waals surface area contributed by atoms with Crippen LogP contribution in [-0.2, 0) is 14.8 Å². The van der Waals surface area contributed by atoms with Gasteiger partial charge in [-0.2, -0.15) is 4.72 Å². The maximum atomic E-state index is 12.9. The van der Waals surface area contributed by atoms with Crippen molar-refractivity contribution in [1.82, 2.24) is 14.5 Å². The van der Waals surface area contributed by atoms with Crippen molar-refractivity contribution in [2.45, 2.75) is 17.9 Å². The highest BCUT2D eigenvalue weighted by molar-refractivity contribution is 7.89. The van der Waals surface area contributed by atoms with Crippen molar-refractivity contribution in [3.63, 3.8) is 0 Å². The Labute approximate surface area is 199 Å². The largest absolute Gasteiger partial charge is 0.497 e. The van der Waals surface area contributed by atoms with Crippen molar-refractivity contribution in [3.8, 4) is 17.2 Å². The molecule has 0 saturated carbocycles. The van der Waals surface area contributed by atoms with E-state index in [2.05, 4.69) is 4.72 Å². The Morgan fingerprint density at radius 3 is 2.00 bits per heavy atom. The summed E-state index contributed by atoms with van der Waals surface area (Å²) in [5, 5.41) is 0. The van der Waals surface area contributed by atoms with E-state index in [9.17, 15) is 18.0 Å². The van der Waals surface area contributed by atoms with E-state index in [-0.39, 0.29) is 16.7 Å². The molecule has 34 heavy (non-hydrogen) atoms. The number of ether oxygens (including phenoxy) is 3. The van der Waals surface area contributed by atoms with Gasteiger partial charge in [-0.25, -0.2) is 8.42 Å². The van der Waals surface area contributed by atoms with Crippen molar-refractivity contribution in [3.05, 3.63) is 48.0 Å². The standard InChI is InChI=1S/C23H29N3O7S/c1-16(24-34(29,30)19-8-6-18(31-2)7-9-19)22(27)25-11-13-26(14-12-25)23(28)17-5-10-20(32-3)21(15-17)33-4/h5-10,15-16,24H,11-14H2,1-4H3/t16-/m0/s1. The number of nitrogens with zero attached hydrogens (tertiary/aromatic N) is 2. The van der Waals surface area contributed by atoms with Crippen LogP contribution in [-0.4, -0.2) is 83.6 Å². The Kier molecular flexibility index (Phi) is 8.00. The smallest absolute Gasteiger partial charge is 0.254 e. The second-order valence-corrected chi connectivity index (χ2v) is 9.42. The fourth-order valence-electron chi connectivity index (χ4n) is 3.66. The second-order valence-electron chi connectivity index (χ2n) is 7.71. The highest BCUT2D eigenvalue weighted by Crippen LogP contribution is 2.28. The SMILES string of the molecule is COc1ccc(S(=O)(=O)N[C@@H](C)C(=O)N2CCN(C(=O)c3ccc(OC)c(OC)c3)CC2)cc1. The predicted octanol–water partition coefficient (Wildman–Crippen LogP) is 1.36. The molecule has 1 atom stereocenters. The van der Waals surface area contributed by atoms with Crippen molar-refractivity contribution in [2.75, 3.05) is 47.5 Å². The van der Waals surface area contributed by atoms with Gasteiger partial charge in [-0.05, 0) is 49.4 Å². The minimum Gasteiger partial charge on any atom is -0.497 e. The second kappa shape index (κ2) is 10.7. The zero-order valence-electron chi connectivity index (χ0n) is 19.6. The lowest BCUT2D eigenvalue weighted by molar-refractivity contribution is -0.134. The molecule has 11 heteroatoms. The van der Waals surface area contributed by atoms with E-state index in [1.165, 1.54) is 52.5 Å². The van der Waals surface area contributed by atoms with Gasteiger partial charge in [-0.3, -0.25) is 9.59 Å². The maximum Gasteiger partial charge on any atom is 0.254 e. The van der Waals surface area contributed by atoms with Crippen LogP contribution in [0.3, 0.4) is 0 Å². The average Bonchev–Trinajstić information content (AvgIpc) is 2.87. The Bertz CT molecular complexity index is 1130. The summed E-state index contributed by atoms with van der Waals surface area (Å²) < 4.78 is 43.2. The average molecular weight is 492 g/mol. The number of piperazine rings is 1. The van der Waals surface area contributed by atoms with Crippen LogP contribution in [0.4, 0.5) is 0 Å².